The second-order valence-electron chi connectivity index (χ2n) is 4.16. The zero-order chi connectivity index (χ0) is 8.48. The van der Waals surface area contributed by atoms with E-state index >= 15 is 0 Å². The highest BCUT2D eigenvalue weighted by atomic mass is 16.1. The zero-order valence-corrected chi connectivity index (χ0v) is 7.55. The van der Waals surface area contributed by atoms with Crippen molar-refractivity contribution in [3.8, 4) is 0 Å². The van der Waals surface area contributed by atoms with Gasteiger partial charge < -0.3 is 4.79 Å². The van der Waals surface area contributed by atoms with E-state index < -0.39 is 0 Å². The van der Waals surface area contributed by atoms with Gasteiger partial charge in [-0.15, -0.1) is 0 Å². The molecule has 1 rings (SSSR count). The van der Waals surface area contributed by atoms with Crippen LogP contribution in [0.1, 0.15) is 33.6 Å². The molecule has 0 aromatic rings. The lowest BCUT2D eigenvalue weighted by Crippen LogP contribution is -2.19. The van der Waals surface area contributed by atoms with Crippen molar-refractivity contribution in [1.29, 1.82) is 0 Å². The average Bonchev–Trinajstić information content (AvgIpc) is 1.86. The smallest absolute Gasteiger partial charge is 0.127 e. The molecule has 0 N–H and O–H groups in total. The molecule has 0 spiro atoms. The summed E-state index contributed by atoms with van der Waals surface area (Å²) in [7, 11) is 0. The fraction of sp³-hybridized carbons (Fsp3) is 0.700. The van der Waals surface area contributed by atoms with Crippen LogP contribution in [0.15, 0.2) is 11.6 Å². The number of aldehydes is 1. The highest BCUT2D eigenvalue weighted by Crippen LogP contribution is 2.35. The summed E-state index contributed by atoms with van der Waals surface area (Å²) in [4.78, 5) is 10.5. The minimum atomic E-state index is 0.197. The predicted octanol–water partition coefficient (Wildman–Crippen LogP) is 2.57. The zero-order valence-electron chi connectivity index (χ0n) is 7.55. The molecule has 0 saturated carbocycles. The molecule has 1 unspecified atom stereocenters. The molecule has 1 aliphatic rings. The van der Waals surface area contributed by atoms with Gasteiger partial charge in [-0.25, -0.2) is 0 Å². The van der Waals surface area contributed by atoms with Crippen LogP contribution in [0.3, 0.4) is 0 Å². The lowest BCUT2D eigenvalue weighted by Gasteiger charge is -2.29. The Morgan fingerprint density at radius 2 is 2.27 bits per heavy atom. The molecule has 1 nitrogen and oxygen atoms in total. The maximum Gasteiger partial charge on any atom is 0.127 e. The number of carbonyl (C=O) groups is 1. The van der Waals surface area contributed by atoms with E-state index in [1.807, 2.05) is 0 Å². The van der Waals surface area contributed by atoms with E-state index in [-0.39, 0.29) is 5.92 Å². The van der Waals surface area contributed by atoms with Crippen molar-refractivity contribution in [2.24, 2.45) is 11.3 Å². The van der Waals surface area contributed by atoms with Gasteiger partial charge in [0.05, 0.1) is 0 Å². The predicted molar refractivity (Wildman–Crippen MR) is 46.3 cm³/mol. The first-order valence-electron chi connectivity index (χ1n) is 4.20. The molecule has 0 saturated heterocycles. The van der Waals surface area contributed by atoms with Crippen LogP contribution < -0.4 is 0 Å². The van der Waals surface area contributed by atoms with E-state index in [9.17, 15) is 4.79 Å². The Labute approximate surface area is 68.5 Å². The Morgan fingerprint density at radius 3 is 2.73 bits per heavy atom. The van der Waals surface area contributed by atoms with Crippen LogP contribution in [0.5, 0.6) is 0 Å². The molecule has 0 radical (unpaired) electrons. The summed E-state index contributed by atoms with van der Waals surface area (Å²) in [6.45, 7) is 6.50. The number of allylic oxidation sites excluding steroid dienone is 2. The summed E-state index contributed by atoms with van der Waals surface area (Å²) in [6.07, 6.45) is 5.46. The monoisotopic (exact) mass is 152 g/mol. The van der Waals surface area contributed by atoms with E-state index in [0.29, 0.717) is 5.41 Å². The van der Waals surface area contributed by atoms with Crippen molar-refractivity contribution in [2.45, 2.75) is 33.6 Å². The minimum Gasteiger partial charge on any atom is -0.303 e. The fourth-order valence-electron chi connectivity index (χ4n) is 1.73. The highest BCUT2D eigenvalue weighted by Gasteiger charge is 2.24. The molecule has 0 aromatic carbocycles. The molecule has 1 atom stereocenters. The average molecular weight is 152 g/mol. The molecule has 11 heavy (non-hydrogen) atoms. The van der Waals surface area contributed by atoms with Gasteiger partial charge in [0, 0.05) is 5.92 Å². The highest BCUT2D eigenvalue weighted by molar-refractivity contribution is 5.59. The first kappa shape index (κ1) is 8.51. The van der Waals surface area contributed by atoms with Crippen LogP contribution in [0, 0.1) is 11.3 Å². The Kier molecular flexibility index (Phi) is 2.17. The molecular weight excluding hydrogens is 136 g/mol. The van der Waals surface area contributed by atoms with Gasteiger partial charge >= 0.3 is 0 Å². The van der Waals surface area contributed by atoms with Gasteiger partial charge in [-0.3, -0.25) is 0 Å². The molecule has 0 fully saturated rings. The maximum atomic E-state index is 10.5. The number of hydrogen-bond acceptors (Lipinski definition) is 1. The van der Waals surface area contributed by atoms with Gasteiger partial charge in [0.25, 0.3) is 0 Å². The number of rotatable bonds is 1. The lowest BCUT2D eigenvalue weighted by molar-refractivity contribution is -0.110. The van der Waals surface area contributed by atoms with E-state index in [0.717, 1.165) is 19.1 Å². The SMILES string of the molecule is CC1=CC(C)(C)CCC1C=O. The van der Waals surface area contributed by atoms with Crippen LogP contribution in [0.2, 0.25) is 0 Å². The molecule has 0 amide bonds. The Balaban J connectivity index is 2.79. The quantitative estimate of drug-likeness (QED) is 0.417. The van der Waals surface area contributed by atoms with E-state index in [1.165, 1.54) is 5.57 Å². The third kappa shape index (κ3) is 1.92. The van der Waals surface area contributed by atoms with Gasteiger partial charge in [-0.2, -0.15) is 0 Å². The number of carbonyl (C=O) groups excluding carboxylic acids is 1. The molecular formula is C10H16O. The summed E-state index contributed by atoms with van der Waals surface area (Å²) in [5, 5.41) is 0. The summed E-state index contributed by atoms with van der Waals surface area (Å²) >= 11 is 0. The third-order valence-corrected chi connectivity index (χ3v) is 2.47. The Bertz CT molecular complexity index is 189. The first-order valence-corrected chi connectivity index (χ1v) is 4.20. The normalized spacial score (nSPS) is 29.4. The second kappa shape index (κ2) is 2.80. The van der Waals surface area contributed by atoms with E-state index in [2.05, 4.69) is 26.8 Å². The molecule has 0 aliphatic heterocycles. The van der Waals surface area contributed by atoms with Crippen LogP contribution >= 0.6 is 0 Å². The summed E-state index contributed by atoms with van der Waals surface area (Å²) in [5.41, 5.74) is 1.56. The summed E-state index contributed by atoms with van der Waals surface area (Å²) < 4.78 is 0. The Morgan fingerprint density at radius 1 is 1.64 bits per heavy atom. The molecule has 1 heteroatoms. The van der Waals surface area contributed by atoms with Crippen LogP contribution in [0.4, 0.5) is 0 Å². The van der Waals surface area contributed by atoms with Crippen molar-refractivity contribution >= 4 is 6.29 Å². The van der Waals surface area contributed by atoms with Crippen LogP contribution in [-0.2, 0) is 4.79 Å². The Hall–Kier alpha value is -0.590. The van der Waals surface area contributed by atoms with Crippen molar-refractivity contribution in [3.05, 3.63) is 11.6 Å². The minimum absolute atomic E-state index is 0.197. The van der Waals surface area contributed by atoms with E-state index in [4.69, 9.17) is 0 Å². The maximum absolute atomic E-state index is 10.5. The van der Waals surface area contributed by atoms with Gasteiger partial charge in [0.2, 0.25) is 0 Å². The fourth-order valence-corrected chi connectivity index (χ4v) is 1.73. The van der Waals surface area contributed by atoms with E-state index in [1.54, 1.807) is 0 Å². The third-order valence-electron chi connectivity index (χ3n) is 2.47. The van der Waals surface area contributed by atoms with Crippen molar-refractivity contribution in [2.75, 3.05) is 0 Å². The molecule has 0 aromatic heterocycles. The van der Waals surface area contributed by atoms with Gasteiger partial charge in [0.15, 0.2) is 0 Å². The van der Waals surface area contributed by atoms with Crippen molar-refractivity contribution < 1.29 is 4.79 Å². The number of hydrogen-bond donors (Lipinski definition) is 0. The molecule has 1 aliphatic carbocycles. The van der Waals surface area contributed by atoms with Gasteiger partial charge in [-0.1, -0.05) is 25.5 Å². The molecule has 0 bridgehead atoms. The van der Waals surface area contributed by atoms with Crippen molar-refractivity contribution in [1.82, 2.24) is 0 Å². The molecule has 62 valence electrons. The standard InChI is InChI=1S/C10H16O/c1-8-6-10(2,3)5-4-9(8)7-11/h6-7,9H,4-5H2,1-3H3. The topological polar surface area (TPSA) is 17.1 Å². The summed E-state index contributed by atoms with van der Waals surface area (Å²) in [5.74, 6) is 0.197. The van der Waals surface area contributed by atoms with Gasteiger partial charge in [0.1, 0.15) is 6.29 Å². The summed E-state index contributed by atoms with van der Waals surface area (Å²) in [6, 6.07) is 0. The van der Waals surface area contributed by atoms with Gasteiger partial charge in [-0.05, 0) is 25.2 Å². The second-order valence-corrected chi connectivity index (χ2v) is 4.16. The first-order chi connectivity index (χ1) is 5.05. The largest absolute Gasteiger partial charge is 0.303 e. The lowest BCUT2D eigenvalue weighted by atomic mass is 9.76. The van der Waals surface area contributed by atoms with Crippen LogP contribution in [0.25, 0.3) is 0 Å². The van der Waals surface area contributed by atoms with Crippen molar-refractivity contribution in [3.63, 3.8) is 0 Å². The molecule has 0 heterocycles. The van der Waals surface area contributed by atoms with Crippen LogP contribution in [-0.4, -0.2) is 6.29 Å².